The maximum Gasteiger partial charge on any atom is 0.139 e. The molecule has 0 spiro atoms. The summed E-state index contributed by atoms with van der Waals surface area (Å²) in [6.07, 6.45) is -0.618. The summed E-state index contributed by atoms with van der Waals surface area (Å²) in [4.78, 5) is 0. The monoisotopic (exact) mass is 278 g/mol. The van der Waals surface area contributed by atoms with Crippen molar-refractivity contribution in [2.45, 2.75) is 6.10 Å². The fourth-order valence-electron chi connectivity index (χ4n) is 1.12. The van der Waals surface area contributed by atoms with Gasteiger partial charge < -0.3 is 9.84 Å². The second-order valence-corrected chi connectivity index (χ2v) is 4.64. The topological polar surface area (TPSA) is 44.7 Å². The Labute approximate surface area is 111 Å². The normalized spacial score (nSPS) is 12.8. The largest absolute Gasteiger partial charge is 0.489 e. The highest BCUT2D eigenvalue weighted by Crippen LogP contribution is 2.27. The molecule has 0 saturated carbocycles. The van der Waals surface area contributed by atoms with Gasteiger partial charge in [-0.05, 0) is 12.1 Å². The lowest BCUT2D eigenvalue weighted by molar-refractivity contribution is 0.0885. The first-order valence-corrected chi connectivity index (χ1v) is 5.91. The van der Waals surface area contributed by atoms with Crippen LogP contribution in [0.2, 0.25) is 10.0 Å². The fraction of sp³-hybridized carbons (Fsp3) is 0.455. The third-order valence-electron chi connectivity index (χ3n) is 1.97. The van der Waals surface area contributed by atoms with Crippen LogP contribution in [0.25, 0.3) is 0 Å². The molecule has 0 aromatic heterocycles. The smallest absolute Gasteiger partial charge is 0.139 e. The van der Waals surface area contributed by atoms with Crippen molar-refractivity contribution in [3.05, 3.63) is 28.2 Å². The lowest BCUT2D eigenvalue weighted by Gasteiger charge is -2.17. The number of benzene rings is 1. The molecule has 1 rings (SSSR count). The quantitative estimate of drug-likeness (QED) is 0.779. The van der Waals surface area contributed by atoms with Gasteiger partial charge in [0.05, 0.1) is 5.02 Å². The van der Waals surface area contributed by atoms with Crippen LogP contribution >= 0.6 is 23.2 Å². The van der Waals surface area contributed by atoms with Crippen molar-refractivity contribution in [2.24, 2.45) is 0 Å². The van der Waals surface area contributed by atoms with Gasteiger partial charge in [0.2, 0.25) is 0 Å². The number of ether oxygens (including phenoxy) is 1. The van der Waals surface area contributed by atoms with Gasteiger partial charge in [-0.15, -0.1) is 0 Å². The average molecular weight is 279 g/mol. The Morgan fingerprint density at radius 2 is 2.12 bits per heavy atom. The Morgan fingerprint density at radius 1 is 1.41 bits per heavy atom. The van der Waals surface area contributed by atoms with Gasteiger partial charge in [-0.2, -0.15) is 0 Å². The van der Waals surface area contributed by atoms with E-state index in [1.54, 1.807) is 23.2 Å². The van der Waals surface area contributed by atoms with Crippen molar-refractivity contribution >= 4 is 23.2 Å². The van der Waals surface area contributed by atoms with Crippen LogP contribution in [0.5, 0.6) is 5.75 Å². The van der Waals surface area contributed by atoms with E-state index in [-0.39, 0.29) is 6.61 Å². The van der Waals surface area contributed by atoms with Crippen LogP contribution in [0.3, 0.4) is 0 Å². The summed E-state index contributed by atoms with van der Waals surface area (Å²) in [5, 5.41) is 12.4. The zero-order chi connectivity index (χ0) is 12.8. The minimum atomic E-state index is -0.618. The number of nitrogens with zero attached hydrogens (tertiary/aromatic N) is 1. The van der Waals surface area contributed by atoms with Crippen molar-refractivity contribution in [3.8, 4) is 5.75 Å². The van der Waals surface area contributed by atoms with Gasteiger partial charge in [0.1, 0.15) is 18.5 Å². The molecule has 1 unspecified atom stereocenters. The highest BCUT2D eigenvalue weighted by Gasteiger charge is 2.08. The summed E-state index contributed by atoms with van der Waals surface area (Å²) in [5.74, 6) is 0.475. The van der Waals surface area contributed by atoms with Gasteiger partial charge in [-0.3, -0.25) is 10.4 Å². The summed E-state index contributed by atoms with van der Waals surface area (Å²) in [7, 11) is 3.70. The Hall–Kier alpha value is -0.520. The van der Waals surface area contributed by atoms with E-state index >= 15 is 0 Å². The van der Waals surface area contributed by atoms with Crippen LogP contribution in [0, 0.1) is 0 Å². The predicted octanol–water partition coefficient (Wildman–Crippen LogP) is 1.80. The molecular formula is C11H16Cl2N2O2. The van der Waals surface area contributed by atoms with E-state index < -0.39 is 6.10 Å². The third kappa shape index (κ3) is 5.57. The summed E-state index contributed by atoms with van der Waals surface area (Å²) >= 11 is 11.7. The van der Waals surface area contributed by atoms with Gasteiger partial charge in [0.15, 0.2) is 0 Å². The molecule has 0 radical (unpaired) electrons. The predicted molar refractivity (Wildman–Crippen MR) is 69.7 cm³/mol. The maximum atomic E-state index is 9.63. The highest BCUT2D eigenvalue weighted by molar-refractivity contribution is 6.34. The molecule has 0 aliphatic heterocycles. The molecule has 1 atom stereocenters. The molecule has 96 valence electrons. The molecule has 0 bridgehead atoms. The third-order valence-corrected chi connectivity index (χ3v) is 2.51. The molecule has 4 nitrogen and oxygen atoms in total. The van der Waals surface area contributed by atoms with Crippen LogP contribution in [-0.2, 0) is 0 Å². The summed E-state index contributed by atoms with van der Waals surface area (Å²) in [5.41, 5.74) is 2.95. The first-order valence-electron chi connectivity index (χ1n) is 5.16. The van der Waals surface area contributed by atoms with Crippen LogP contribution in [0.15, 0.2) is 18.2 Å². The number of hydrogen-bond acceptors (Lipinski definition) is 4. The minimum absolute atomic E-state index is 0.154. The van der Waals surface area contributed by atoms with E-state index in [1.807, 2.05) is 14.1 Å². The number of aliphatic hydroxyl groups excluding tert-OH is 1. The number of halogens is 2. The second-order valence-electron chi connectivity index (χ2n) is 3.80. The number of hydrogen-bond donors (Lipinski definition) is 2. The molecule has 1 aromatic rings. The number of aliphatic hydroxyl groups is 1. The molecule has 0 fully saturated rings. The lowest BCUT2D eigenvalue weighted by atomic mass is 10.3. The van der Waals surface area contributed by atoms with E-state index in [0.717, 1.165) is 0 Å². The average Bonchev–Trinajstić information content (AvgIpc) is 2.27. The van der Waals surface area contributed by atoms with Gasteiger partial charge in [0, 0.05) is 31.7 Å². The van der Waals surface area contributed by atoms with Gasteiger partial charge in [0.25, 0.3) is 0 Å². The van der Waals surface area contributed by atoms with Gasteiger partial charge >= 0.3 is 0 Å². The van der Waals surface area contributed by atoms with Crippen molar-refractivity contribution in [1.29, 1.82) is 0 Å². The van der Waals surface area contributed by atoms with E-state index in [2.05, 4.69) is 5.43 Å². The number of hydrazine groups is 1. The van der Waals surface area contributed by atoms with E-state index in [0.29, 0.717) is 22.3 Å². The van der Waals surface area contributed by atoms with Crippen LogP contribution < -0.4 is 10.2 Å². The van der Waals surface area contributed by atoms with Gasteiger partial charge in [-0.1, -0.05) is 23.2 Å². The lowest BCUT2D eigenvalue weighted by Crippen LogP contribution is -2.39. The number of rotatable bonds is 6. The summed E-state index contributed by atoms with van der Waals surface area (Å²) < 4.78 is 5.39. The Kier molecular flexibility index (Phi) is 6.02. The first kappa shape index (κ1) is 14.5. The van der Waals surface area contributed by atoms with Crippen molar-refractivity contribution in [1.82, 2.24) is 10.4 Å². The van der Waals surface area contributed by atoms with Crippen LogP contribution in [-0.4, -0.2) is 43.5 Å². The maximum absolute atomic E-state index is 9.63. The Bertz CT molecular complexity index is 361. The molecule has 2 N–H and O–H groups in total. The van der Waals surface area contributed by atoms with E-state index in [9.17, 15) is 5.11 Å². The molecule has 0 aliphatic rings. The van der Waals surface area contributed by atoms with Crippen LogP contribution in [0.4, 0.5) is 0 Å². The molecule has 0 saturated heterocycles. The summed E-state index contributed by atoms with van der Waals surface area (Å²) in [6.45, 7) is 0.562. The van der Waals surface area contributed by atoms with Crippen molar-refractivity contribution < 1.29 is 9.84 Å². The van der Waals surface area contributed by atoms with Gasteiger partial charge in [-0.25, -0.2) is 0 Å². The fourth-order valence-corrected chi connectivity index (χ4v) is 1.45. The van der Waals surface area contributed by atoms with Crippen LogP contribution in [0.1, 0.15) is 0 Å². The van der Waals surface area contributed by atoms with Crippen molar-refractivity contribution in [2.75, 3.05) is 27.2 Å². The zero-order valence-corrected chi connectivity index (χ0v) is 11.3. The summed E-state index contributed by atoms with van der Waals surface area (Å²) in [6, 6.07) is 4.96. The molecule has 0 amide bonds. The highest BCUT2D eigenvalue weighted by atomic mass is 35.5. The van der Waals surface area contributed by atoms with E-state index in [4.69, 9.17) is 27.9 Å². The number of nitrogens with one attached hydrogen (secondary N) is 1. The second kappa shape index (κ2) is 7.03. The molecular weight excluding hydrogens is 263 g/mol. The van der Waals surface area contributed by atoms with Crippen molar-refractivity contribution in [3.63, 3.8) is 0 Å². The molecule has 17 heavy (non-hydrogen) atoms. The first-order chi connectivity index (χ1) is 7.99. The zero-order valence-electron chi connectivity index (χ0n) is 9.78. The molecule has 0 aliphatic carbocycles. The SMILES string of the molecule is CN(C)NCC(O)COc1cc(Cl)ccc1Cl. The minimum Gasteiger partial charge on any atom is -0.489 e. The molecule has 1 aromatic carbocycles. The standard InChI is InChI=1S/C11H16Cl2N2O2/c1-15(2)14-6-9(16)7-17-11-5-8(12)3-4-10(11)13/h3-5,9,14,16H,6-7H2,1-2H3. The Balaban J connectivity index is 2.41. The molecule has 0 heterocycles. The Morgan fingerprint density at radius 3 is 2.76 bits per heavy atom. The van der Waals surface area contributed by atoms with E-state index in [1.165, 1.54) is 0 Å². The molecule has 6 heteroatoms.